The Morgan fingerprint density at radius 3 is 3.05 bits per heavy atom. The van der Waals surface area contributed by atoms with Crippen LogP contribution in [0.3, 0.4) is 0 Å². The molecule has 4 nitrogen and oxygen atoms in total. The molecule has 2 fully saturated rings. The second-order valence-corrected chi connectivity index (χ2v) is 6.31. The highest BCUT2D eigenvalue weighted by atomic mass is 15.2. The number of aryl methyl sites for hydroxylation is 1. The van der Waals surface area contributed by atoms with E-state index in [2.05, 4.69) is 32.9 Å². The van der Waals surface area contributed by atoms with Gasteiger partial charge in [-0.2, -0.15) is 0 Å². The molecule has 0 aliphatic carbocycles. The fourth-order valence-corrected chi connectivity index (χ4v) is 3.84. The maximum atomic E-state index is 4.35. The van der Waals surface area contributed by atoms with Gasteiger partial charge in [0.15, 0.2) is 0 Å². The van der Waals surface area contributed by atoms with Gasteiger partial charge in [-0.1, -0.05) is 13.3 Å². The first-order chi connectivity index (χ1) is 9.88. The maximum Gasteiger partial charge on any atom is 0.0948 e. The van der Waals surface area contributed by atoms with Crippen molar-refractivity contribution in [2.75, 3.05) is 13.1 Å². The topological polar surface area (TPSA) is 33.1 Å². The molecule has 1 N–H and O–H groups in total. The van der Waals surface area contributed by atoms with E-state index < -0.39 is 0 Å². The highest BCUT2D eigenvalue weighted by molar-refractivity contribution is 5.01. The lowest BCUT2D eigenvalue weighted by atomic mass is 9.94. The molecule has 0 saturated carbocycles. The molecular weight excluding hydrogens is 248 g/mol. The second kappa shape index (κ2) is 6.72. The summed E-state index contributed by atoms with van der Waals surface area (Å²) >= 11 is 0. The number of nitrogens with one attached hydrogen (secondary N) is 1. The molecule has 0 spiro atoms. The van der Waals surface area contributed by atoms with E-state index in [1.165, 1.54) is 57.3 Å². The van der Waals surface area contributed by atoms with Crippen LogP contribution in [0.1, 0.15) is 51.1 Å². The average Bonchev–Trinajstić information content (AvgIpc) is 3.12. The molecule has 2 saturated heterocycles. The standard InChI is InChI=1S/C16H28N4/c1-2-9-20-13-17-11-14(20)12-19-10-4-3-7-16(19)15-6-5-8-18-15/h11,13,15-16,18H,2-10,12H2,1H3. The van der Waals surface area contributed by atoms with Crippen molar-refractivity contribution in [1.29, 1.82) is 0 Å². The SMILES string of the molecule is CCCn1cncc1CN1CCCCC1C1CCCN1. The molecular formula is C16H28N4. The van der Waals surface area contributed by atoms with Gasteiger partial charge in [0, 0.05) is 31.4 Å². The first-order valence-electron chi connectivity index (χ1n) is 8.35. The van der Waals surface area contributed by atoms with Crippen LogP contribution < -0.4 is 5.32 Å². The molecule has 3 heterocycles. The smallest absolute Gasteiger partial charge is 0.0948 e. The van der Waals surface area contributed by atoms with Crippen molar-refractivity contribution in [2.24, 2.45) is 0 Å². The molecule has 112 valence electrons. The number of piperidine rings is 1. The molecule has 1 aromatic rings. The number of nitrogens with zero attached hydrogens (tertiary/aromatic N) is 3. The van der Waals surface area contributed by atoms with Crippen molar-refractivity contribution in [3.63, 3.8) is 0 Å². The number of hydrogen-bond acceptors (Lipinski definition) is 3. The predicted molar refractivity (Wildman–Crippen MR) is 81.6 cm³/mol. The molecule has 0 amide bonds. The van der Waals surface area contributed by atoms with E-state index in [4.69, 9.17) is 0 Å². The zero-order valence-corrected chi connectivity index (χ0v) is 12.7. The van der Waals surface area contributed by atoms with Crippen molar-refractivity contribution in [3.05, 3.63) is 18.2 Å². The normalized spacial score (nSPS) is 28.1. The fourth-order valence-electron chi connectivity index (χ4n) is 3.84. The molecule has 3 rings (SSSR count). The third-order valence-electron chi connectivity index (χ3n) is 4.86. The molecule has 20 heavy (non-hydrogen) atoms. The molecule has 2 unspecified atom stereocenters. The Morgan fingerprint density at radius 2 is 2.25 bits per heavy atom. The van der Waals surface area contributed by atoms with Crippen molar-refractivity contribution >= 4 is 0 Å². The van der Waals surface area contributed by atoms with Gasteiger partial charge in [-0.25, -0.2) is 4.98 Å². The Hall–Kier alpha value is -0.870. The van der Waals surface area contributed by atoms with Crippen molar-refractivity contribution < 1.29 is 0 Å². The van der Waals surface area contributed by atoms with Crippen molar-refractivity contribution in [1.82, 2.24) is 19.8 Å². The molecule has 0 radical (unpaired) electrons. The Balaban J connectivity index is 1.68. The summed E-state index contributed by atoms with van der Waals surface area (Å²) in [5.41, 5.74) is 1.39. The minimum absolute atomic E-state index is 0.720. The summed E-state index contributed by atoms with van der Waals surface area (Å²) in [4.78, 5) is 7.05. The predicted octanol–water partition coefficient (Wildman–Crippen LogP) is 2.40. The minimum atomic E-state index is 0.720. The molecule has 2 aliphatic heterocycles. The van der Waals surface area contributed by atoms with Crippen LogP contribution in [0.4, 0.5) is 0 Å². The van der Waals surface area contributed by atoms with E-state index in [9.17, 15) is 0 Å². The van der Waals surface area contributed by atoms with Crippen LogP contribution in [-0.2, 0) is 13.1 Å². The number of aromatic nitrogens is 2. The Bertz CT molecular complexity index is 408. The van der Waals surface area contributed by atoms with Crippen LogP contribution in [0.5, 0.6) is 0 Å². The molecule has 4 heteroatoms. The highest BCUT2D eigenvalue weighted by Crippen LogP contribution is 2.25. The zero-order chi connectivity index (χ0) is 13.8. The first-order valence-corrected chi connectivity index (χ1v) is 8.35. The van der Waals surface area contributed by atoms with Crippen LogP contribution in [0.15, 0.2) is 12.5 Å². The maximum absolute atomic E-state index is 4.35. The summed E-state index contributed by atoms with van der Waals surface area (Å²) in [7, 11) is 0. The third-order valence-corrected chi connectivity index (χ3v) is 4.86. The van der Waals surface area contributed by atoms with E-state index in [1.807, 2.05) is 6.33 Å². The number of rotatable bonds is 5. The molecule has 2 atom stereocenters. The average molecular weight is 276 g/mol. The summed E-state index contributed by atoms with van der Waals surface area (Å²) in [5.74, 6) is 0. The van der Waals surface area contributed by atoms with Gasteiger partial charge in [0.1, 0.15) is 0 Å². The lowest BCUT2D eigenvalue weighted by molar-refractivity contribution is 0.109. The van der Waals surface area contributed by atoms with E-state index in [1.54, 1.807) is 0 Å². The van der Waals surface area contributed by atoms with Crippen LogP contribution in [0.2, 0.25) is 0 Å². The molecule has 1 aromatic heterocycles. The zero-order valence-electron chi connectivity index (χ0n) is 12.7. The van der Waals surface area contributed by atoms with Crippen LogP contribution in [0, 0.1) is 0 Å². The third kappa shape index (κ3) is 3.07. The number of imidazole rings is 1. The summed E-state index contributed by atoms with van der Waals surface area (Å²) in [6, 6.07) is 1.45. The second-order valence-electron chi connectivity index (χ2n) is 6.31. The summed E-state index contributed by atoms with van der Waals surface area (Å²) < 4.78 is 2.33. The van der Waals surface area contributed by atoms with E-state index in [0.717, 1.165) is 25.2 Å². The van der Waals surface area contributed by atoms with Crippen LogP contribution in [0.25, 0.3) is 0 Å². The van der Waals surface area contributed by atoms with Crippen molar-refractivity contribution in [3.8, 4) is 0 Å². The monoisotopic (exact) mass is 276 g/mol. The van der Waals surface area contributed by atoms with Gasteiger partial charge in [-0.05, 0) is 45.2 Å². The largest absolute Gasteiger partial charge is 0.333 e. The van der Waals surface area contributed by atoms with E-state index in [0.29, 0.717) is 0 Å². The minimum Gasteiger partial charge on any atom is -0.333 e. The van der Waals surface area contributed by atoms with Gasteiger partial charge < -0.3 is 9.88 Å². The van der Waals surface area contributed by atoms with E-state index in [-0.39, 0.29) is 0 Å². The van der Waals surface area contributed by atoms with Gasteiger partial charge in [-0.3, -0.25) is 4.90 Å². The van der Waals surface area contributed by atoms with E-state index >= 15 is 0 Å². The van der Waals surface area contributed by atoms with Gasteiger partial charge in [0.25, 0.3) is 0 Å². The number of hydrogen-bond donors (Lipinski definition) is 1. The summed E-state index contributed by atoms with van der Waals surface area (Å²) in [6.45, 7) is 6.86. The fraction of sp³-hybridized carbons (Fsp3) is 0.812. The molecule has 0 bridgehead atoms. The van der Waals surface area contributed by atoms with Gasteiger partial charge in [0.05, 0.1) is 12.0 Å². The van der Waals surface area contributed by atoms with Gasteiger partial charge >= 0.3 is 0 Å². The van der Waals surface area contributed by atoms with Crippen LogP contribution in [-0.4, -0.2) is 39.6 Å². The first kappa shape index (κ1) is 14.1. The molecule has 0 aromatic carbocycles. The quantitative estimate of drug-likeness (QED) is 0.896. The van der Waals surface area contributed by atoms with Crippen molar-refractivity contribution in [2.45, 2.75) is 70.6 Å². The lowest BCUT2D eigenvalue weighted by Gasteiger charge is -2.39. The Morgan fingerprint density at radius 1 is 1.30 bits per heavy atom. The summed E-state index contributed by atoms with van der Waals surface area (Å²) in [6.07, 6.45) is 12.0. The van der Waals surface area contributed by atoms with Crippen LogP contribution >= 0.6 is 0 Å². The molecule has 2 aliphatic rings. The lowest BCUT2D eigenvalue weighted by Crippen LogP contribution is -2.49. The van der Waals surface area contributed by atoms with Gasteiger partial charge in [0.2, 0.25) is 0 Å². The van der Waals surface area contributed by atoms with Gasteiger partial charge in [-0.15, -0.1) is 0 Å². The Kier molecular flexibility index (Phi) is 4.73. The summed E-state index contributed by atoms with van der Waals surface area (Å²) in [5, 5.41) is 3.71. The number of likely N-dealkylation sites (tertiary alicyclic amines) is 1. The Labute approximate surface area is 122 Å². The highest BCUT2D eigenvalue weighted by Gasteiger charge is 2.31.